The third kappa shape index (κ3) is 5.64. The topological polar surface area (TPSA) is 29.5 Å². The van der Waals surface area contributed by atoms with Crippen LogP contribution in [0.5, 0.6) is 0 Å². The first kappa shape index (κ1) is 13.7. The Balaban J connectivity index is 2.23. The van der Waals surface area contributed by atoms with E-state index in [1.54, 1.807) is 0 Å². The van der Waals surface area contributed by atoms with Gasteiger partial charge in [0.25, 0.3) is 0 Å². The minimum Gasteiger partial charge on any atom is -0.393 e. The summed E-state index contributed by atoms with van der Waals surface area (Å²) < 4.78 is 6.41. The van der Waals surface area contributed by atoms with Crippen molar-refractivity contribution < 1.29 is 9.84 Å². The third-order valence-electron chi connectivity index (χ3n) is 2.33. The summed E-state index contributed by atoms with van der Waals surface area (Å²) in [5, 5.41) is 9.78. The van der Waals surface area contributed by atoms with E-state index in [4.69, 9.17) is 4.74 Å². The van der Waals surface area contributed by atoms with Crippen molar-refractivity contribution in [2.24, 2.45) is 0 Å². The smallest absolute Gasteiger partial charge is 0.0602 e. The fraction of sp³-hybridized carbons (Fsp3) is 0.538. The quantitative estimate of drug-likeness (QED) is 0.781. The molecule has 0 radical (unpaired) electrons. The first-order valence-corrected chi connectivity index (χ1v) is 6.52. The fourth-order valence-electron chi connectivity index (χ4n) is 1.46. The van der Waals surface area contributed by atoms with Gasteiger partial charge in [0.15, 0.2) is 0 Å². The summed E-state index contributed by atoms with van der Waals surface area (Å²) in [4.78, 5) is 0. The SMILES string of the molecule is CCCOCCC(O)Cc1ccc(Br)cc1. The molecule has 0 amide bonds. The van der Waals surface area contributed by atoms with Gasteiger partial charge in [-0.3, -0.25) is 0 Å². The Labute approximate surface area is 106 Å². The molecular formula is C13H19BrO2. The molecule has 1 N–H and O–H groups in total. The highest BCUT2D eigenvalue weighted by Crippen LogP contribution is 2.12. The molecular weight excluding hydrogens is 268 g/mol. The molecule has 0 bridgehead atoms. The highest BCUT2D eigenvalue weighted by Gasteiger charge is 2.05. The molecule has 0 saturated heterocycles. The van der Waals surface area contributed by atoms with E-state index in [0.29, 0.717) is 19.4 Å². The van der Waals surface area contributed by atoms with E-state index in [0.717, 1.165) is 23.1 Å². The van der Waals surface area contributed by atoms with Crippen LogP contribution in [0.3, 0.4) is 0 Å². The predicted octanol–water partition coefficient (Wildman–Crippen LogP) is 3.17. The number of aliphatic hydroxyl groups excluding tert-OH is 1. The number of hydrogen-bond acceptors (Lipinski definition) is 2. The summed E-state index contributed by atoms with van der Waals surface area (Å²) in [7, 11) is 0. The molecule has 2 nitrogen and oxygen atoms in total. The number of benzene rings is 1. The van der Waals surface area contributed by atoms with Crippen molar-refractivity contribution >= 4 is 15.9 Å². The van der Waals surface area contributed by atoms with Gasteiger partial charge >= 0.3 is 0 Å². The molecule has 0 aliphatic carbocycles. The second-order valence-electron chi connectivity index (χ2n) is 3.89. The van der Waals surface area contributed by atoms with Gasteiger partial charge in [-0.15, -0.1) is 0 Å². The Morgan fingerprint density at radius 3 is 2.56 bits per heavy atom. The second-order valence-corrected chi connectivity index (χ2v) is 4.80. The lowest BCUT2D eigenvalue weighted by Crippen LogP contribution is -2.13. The lowest BCUT2D eigenvalue weighted by Gasteiger charge is -2.10. The monoisotopic (exact) mass is 286 g/mol. The van der Waals surface area contributed by atoms with Crippen molar-refractivity contribution in [3.8, 4) is 0 Å². The van der Waals surface area contributed by atoms with Crippen molar-refractivity contribution in [1.82, 2.24) is 0 Å². The van der Waals surface area contributed by atoms with Crippen LogP contribution in [0, 0.1) is 0 Å². The number of hydrogen-bond donors (Lipinski definition) is 1. The Morgan fingerprint density at radius 1 is 1.25 bits per heavy atom. The van der Waals surface area contributed by atoms with Crippen LogP contribution in [0.25, 0.3) is 0 Å². The van der Waals surface area contributed by atoms with E-state index in [9.17, 15) is 5.11 Å². The first-order chi connectivity index (χ1) is 7.72. The number of aliphatic hydroxyl groups is 1. The summed E-state index contributed by atoms with van der Waals surface area (Å²) in [6.45, 7) is 3.51. The maximum absolute atomic E-state index is 9.78. The van der Waals surface area contributed by atoms with Gasteiger partial charge in [-0.2, -0.15) is 0 Å². The molecule has 1 aromatic rings. The lowest BCUT2D eigenvalue weighted by molar-refractivity contribution is 0.0824. The Bertz CT molecular complexity index is 284. The van der Waals surface area contributed by atoms with Gasteiger partial charge in [-0.1, -0.05) is 35.0 Å². The summed E-state index contributed by atoms with van der Waals surface area (Å²) in [5.74, 6) is 0. The molecule has 3 heteroatoms. The van der Waals surface area contributed by atoms with Crippen LogP contribution in [-0.2, 0) is 11.2 Å². The van der Waals surface area contributed by atoms with Crippen LogP contribution < -0.4 is 0 Å². The molecule has 1 unspecified atom stereocenters. The van der Waals surface area contributed by atoms with Crippen molar-refractivity contribution in [3.05, 3.63) is 34.3 Å². The molecule has 1 rings (SSSR count). The molecule has 0 aliphatic rings. The molecule has 0 fully saturated rings. The van der Waals surface area contributed by atoms with Gasteiger partial charge in [0.1, 0.15) is 0 Å². The van der Waals surface area contributed by atoms with Crippen LogP contribution in [0.2, 0.25) is 0 Å². The van der Waals surface area contributed by atoms with Crippen LogP contribution in [0.4, 0.5) is 0 Å². The zero-order valence-corrected chi connectivity index (χ0v) is 11.2. The summed E-state index contributed by atoms with van der Waals surface area (Å²) in [6.07, 6.45) is 2.12. The van der Waals surface area contributed by atoms with E-state index in [1.807, 2.05) is 24.3 Å². The second kappa shape index (κ2) is 7.82. The van der Waals surface area contributed by atoms with Crippen molar-refractivity contribution in [3.63, 3.8) is 0 Å². The minimum absolute atomic E-state index is 0.307. The molecule has 0 heterocycles. The van der Waals surface area contributed by atoms with Crippen LogP contribution in [0.1, 0.15) is 25.3 Å². The van der Waals surface area contributed by atoms with E-state index in [1.165, 1.54) is 0 Å². The van der Waals surface area contributed by atoms with Crippen molar-refractivity contribution in [2.75, 3.05) is 13.2 Å². The number of halogens is 1. The van der Waals surface area contributed by atoms with Crippen molar-refractivity contribution in [2.45, 2.75) is 32.3 Å². The Hall–Kier alpha value is -0.380. The highest BCUT2D eigenvalue weighted by molar-refractivity contribution is 9.10. The summed E-state index contributed by atoms with van der Waals surface area (Å²) in [5.41, 5.74) is 1.16. The number of ether oxygens (including phenoxy) is 1. The largest absolute Gasteiger partial charge is 0.393 e. The predicted molar refractivity (Wildman–Crippen MR) is 69.6 cm³/mol. The summed E-state index contributed by atoms with van der Waals surface area (Å²) >= 11 is 3.39. The minimum atomic E-state index is -0.307. The van der Waals surface area contributed by atoms with E-state index in [-0.39, 0.29) is 6.10 Å². The molecule has 1 atom stereocenters. The fourth-order valence-corrected chi connectivity index (χ4v) is 1.72. The van der Waals surface area contributed by atoms with Gasteiger partial charge in [0, 0.05) is 17.7 Å². The normalized spacial score (nSPS) is 12.7. The highest BCUT2D eigenvalue weighted by atomic mass is 79.9. The average molecular weight is 287 g/mol. The molecule has 0 aromatic heterocycles. The molecule has 16 heavy (non-hydrogen) atoms. The average Bonchev–Trinajstić information content (AvgIpc) is 2.28. The molecule has 0 aliphatic heterocycles. The zero-order valence-electron chi connectivity index (χ0n) is 9.66. The standard InChI is InChI=1S/C13H19BrO2/c1-2-8-16-9-7-13(15)10-11-3-5-12(14)6-4-11/h3-6,13,15H,2,7-10H2,1H3. The van der Waals surface area contributed by atoms with Gasteiger partial charge < -0.3 is 9.84 Å². The molecule has 90 valence electrons. The van der Waals surface area contributed by atoms with Crippen molar-refractivity contribution in [1.29, 1.82) is 0 Å². The number of rotatable bonds is 7. The van der Waals surface area contributed by atoms with Gasteiger partial charge in [0.05, 0.1) is 6.10 Å². The molecule has 0 spiro atoms. The van der Waals surface area contributed by atoms with Crippen LogP contribution in [-0.4, -0.2) is 24.4 Å². The zero-order chi connectivity index (χ0) is 11.8. The van der Waals surface area contributed by atoms with Gasteiger partial charge in [-0.05, 0) is 37.0 Å². The van der Waals surface area contributed by atoms with E-state index >= 15 is 0 Å². The van der Waals surface area contributed by atoms with Gasteiger partial charge in [0.2, 0.25) is 0 Å². The third-order valence-corrected chi connectivity index (χ3v) is 2.86. The Morgan fingerprint density at radius 2 is 1.94 bits per heavy atom. The molecule has 1 aromatic carbocycles. The Kier molecular flexibility index (Phi) is 6.69. The van der Waals surface area contributed by atoms with Gasteiger partial charge in [-0.25, -0.2) is 0 Å². The maximum Gasteiger partial charge on any atom is 0.0602 e. The summed E-state index contributed by atoms with van der Waals surface area (Å²) in [6, 6.07) is 8.05. The first-order valence-electron chi connectivity index (χ1n) is 5.72. The molecule has 0 saturated carbocycles. The maximum atomic E-state index is 9.78. The van der Waals surface area contributed by atoms with E-state index in [2.05, 4.69) is 22.9 Å². The van der Waals surface area contributed by atoms with Crippen LogP contribution >= 0.6 is 15.9 Å². The van der Waals surface area contributed by atoms with E-state index < -0.39 is 0 Å². The lowest BCUT2D eigenvalue weighted by atomic mass is 10.1. The van der Waals surface area contributed by atoms with Crippen LogP contribution in [0.15, 0.2) is 28.7 Å².